The number of anilines is 1. The van der Waals surface area contributed by atoms with Crippen LogP contribution in [0.1, 0.15) is 11.8 Å². The number of benzene rings is 1. The maximum Gasteiger partial charge on any atom is 0.351 e. The summed E-state index contributed by atoms with van der Waals surface area (Å²) in [6, 6.07) is 11.5. The molecule has 0 unspecified atom stereocenters. The number of rotatable bonds is 6. The van der Waals surface area contributed by atoms with Crippen molar-refractivity contribution in [1.82, 2.24) is 9.55 Å². The minimum Gasteiger partial charge on any atom is -0.394 e. The second-order valence-electron chi connectivity index (χ2n) is 5.89. The summed E-state index contributed by atoms with van der Waals surface area (Å²) in [4.78, 5) is 16.1. The highest BCUT2D eigenvalue weighted by molar-refractivity contribution is 5.32. The molecule has 8 heteroatoms. The number of aromatic nitrogens is 2. The van der Waals surface area contributed by atoms with E-state index in [2.05, 4.69) is 10.3 Å². The Balaban J connectivity index is 1.64. The molecule has 0 aliphatic carbocycles. The summed E-state index contributed by atoms with van der Waals surface area (Å²) in [5.41, 5.74) is 0.564. The highest BCUT2D eigenvalue weighted by atomic mass is 16.6. The number of nitrogens with zero attached hydrogens (tertiary/aromatic N) is 2. The molecule has 4 atom stereocenters. The third-order valence-electron chi connectivity index (χ3n) is 4.18. The number of nitrogens with one attached hydrogen (secondary N) is 1. The van der Waals surface area contributed by atoms with E-state index in [1.54, 1.807) is 6.07 Å². The zero-order valence-corrected chi connectivity index (χ0v) is 13.5. The summed E-state index contributed by atoms with van der Waals surface area (Å²) in [5.74, 6) is 0.420. The molecule has 1 fully saturated rings. The topological polar surface area (TPSA) is 117 Å². The maximum absolute atomic E-state index is 12.2. The lowest BCUT2D eigenvalue weighted by Gasteiger charge is -2.17. The first-order chi connectivity index (χ1) is 12.1. The van der Waals surface area contributed by atoms with Gasteiger partial charge in [0, 0.05) is 12.7 Å². The summed E-state index contributed by atoms with van der Waals surface area (Å²) < 4.78 is 6.44. The van der Waals surface area contributed by atoms with E-state index in [1.165, 1.54) is 11.8 Å². The molecule has 0 spiro atoms. The largest absolute Gasteiger partial charge is 0.394 e. The van der Waals surface area contributed by atoms with E-state index in [1.807, 2.05) is 30.3 Å². The minimum atomic E-state index is -1.31. The highest BCUT2D eigenvalue weighted by Gasteiger charge is 2.43. The van der Waals surface area contributed by atoms with Gasteiger partial charge in [0.2, 0.25) is 0 Å². The number of aliphatic hydroxyl groups is 3. The smallest absolute Gasteiger partial charge is 0.351 e. The van der Waals surface area contributed by atoms with Gasteiger partial charge in [0.25, 0.3) is 0 Å². The molecule has 2 aromatic rings. The van der Waals surface area contributed by atoms with Crippen molar-refractivity contribution in [2.75, 3.05) is 18.5 Å². The quantitative estimate of drug-likeness (QED) is 0.557. The van der Waals surface area contributed by atoms with Gasteiger partial charge in [0.05, 0.1) is 6.61 Å². The number of hydrogen-bond donors (Lipinski definition) is 4. The number of hydrogen-bond acceptors (Lipinski definition) is 7. The van der Waals surface area contributed by atoms with E-state index in [-0.39, 0.29) is 0 Å². The highest BCUT2D eigenvalue weighted by Crippen LogP contribution is 2.28. The van der Waals surface area contributed by atoms with E-state index >= 15 is 0 Å². The molecule has 1 aromatic carbocycles. The van der Waals surface area contributed by atoms with Crippen LogP contribution in [0.5, 0.6) is 0 Å². The van der Waals surface area contributed by atoms with Gasteiger partial charge in [0.15, 0.2) is 6.23 Å². The molecule has 4 N–H and O–H groups in total. The Labute approximate surface area is 144 Å². The fourth-order valence-corrected chi connectivity index (χ4v) is 2.79. The SMILES string of the molecule is O=c1nc(NCCc2ccccc2)ccn1[C@@H]1O[C@H](CO)[C@@H](O)[C@H]1O. The van der Waals surface area contributed by atoms with Crippen LogP contribution in [0.25, 0.3) is 0 Å². The van der Waals surface area contributed by atoms with Crippen molar-refractivity contribution in [2.45, 2.75) is 31.0 Å². The molecule has 2 heterocycles. The standard InChI is InChI=1S/C17H21N3O5/c21-10-12-14(22)15(23)16(25-12)20-9-7-13(19-17(20)24)18-8-6-11-4-2-1-3-5-11/h1-5,7,9,12,14-16,21-23H,6,8,10H2,(H,18,19,24)/t12-,14-,15-,16-/m1/s1. The second kappa shape index (κ2) is 7.75. The Hall–Kier alpha value is -2.26. The van der Waals surface area contributed by atoms with E-state index in [0.717, 1.165) is 11.0 Å². The minimum absolute atomic E-state index is 0.420. The number of ether oxygens (including phenoxy) is 1. The molecule has 0 amide bonds. The molecule has 0 radical (unpaired) electrons. The van der Waals surface area contributed by atoms with Crippen LogP contribution in [-0.4, -0.2) is 56.3 Å². The molecule has 1 aliphatic rings. The van der Waals surface area contributed by atoms with Crippen molar-refractivity contribution in [2.24, 2.45) is 0 Å². The molecular formula is C17H21N3O5. The Morgan fingerprint density at radius 2 is 1.92 bits per heavy atom. The lowest BCUT2D eigenvalue weighted by Crippen LogP contribution is -2.36. The van der Waals surface area contributed by atoms with Gasteiger partial charge in [-0.2, -0.15) is 4.98 Å². The van der Waals surface area contributed by atoms with Gasteiger partial charge < -0.3 is 25.4 Å². The van der Waals surface area contributed by atoms with Crippen molar-refractivity contribution >= 4 is 5.82 Å². The van der Waals surface area contributed by atoms with Crippen molar-refractivity contribution in [3.05, 3.63) is 58.6 Å². The molecule has 1 saturated heterocycles. The van der Waals surface area contributed by atoms with Gasteiger partial charge in [0.1, 0.15) is 24.1 Å². The van der Waals surface area contributed by atoms with Gasteiger partial charge in [-0.25, -0.2) is 4.79 Å². The molecule has 1 aromatic heterocycles. The molecular weight excluding hydrogens is 326 g/mol. The molecule has 134 valence electrons. The van der Waals surface area contributed by atoms with Crippen LogP contribution in [0, 0.1) is 0 Å². The van der Waals surface area contributed by atoms with Gasteiger partial charge in [-0.15, -0.1) is 0 Å². The first kappa shape index (κ1) is 17.6. The van der Waals surface area contributed by atoms with Crippen molar-refractivity contribution < 1.29 is 20.1 Å². The summed E-state index contributed by atoms with van der Waals surface area (Å²) in [5, 5.41) is 31.9. The van der Waals surface area contributed by atoms with Gasteiger partial charge >= 0.3 is 5.69 Å². The average Bonchev–Trinajstić information content (AvgIpc) is 2.91. The fraction of sp³-hybridized carbons (Fsp3) is 0.412. The van der Waals surface area contributed by atoms with E-state index in [0.29, 0.717) is 12.4 Å². The first-order valence-electron chi connectivity index (χ1n) is 8.09. The van der Waals surface area contributed by atoms with Crippen LogP contribution in [0.4, 0.5) is 5.82 Å². The third-order valence-corrected chi connectivity index (χ3v) is 4.18. The molecule has 25 heavy (non-hydrogen) atoms. The molecule has 8 nitrogen and oxygen atoms in total. The predicted octanol–water partition coefficient (Wildman–Crippen LogP) is -0.491. The summed E-state index contributed by atoms with van der Waals surface area (Å²) in [6.45, 7) is 0.171. The molecule has 3 rings (SSSR count). The Morgan fingerprint density at radius 3 is 2.56 bits per heavy atom. The lowest BCUT2D eigenvalue weighted by atomic mass is 10.1. The normalized spacial score (nSPS) is 25.9. The van der Waals surface area contributed by atoms with E-state index in [9.17, 15) is 15.0 Å². The van der Waals surface area contributed by atoms with E-state index < -0.39 is 36.8 Å². The van der Waals surface area contributed by atoms with Crippen molar-refractivity contribution in [3.63, 3.8) is 0 Å². The first-order valence-corrected chi connectivity index (χ1v) is 8.09. The third kappa shape index (κ3) is 3.88. The van der Waals surface area contributed by atoms with Gasteiger partial charge in [-0.1, -0.05) is 30.3 Å². The van der Waals surface area contributed by atoms with Gasteiger partial charge in [-0.3, -0.25) is 4.57 Å². The summed E-state index contributed by atoms with van der Waals surface area (Å²) >= 11 is 0. The van der Waals surface area contributed by atoms with Crippen LogP contribution in [0.3, 0.4) is 0 Å². The Morgan fingerprint density at radius 1 is 1.16 bits per heavy atom. The molecule has 1 aliphatic heterocycles. The molecule has 0 bridgehead atoms. The monoisotopic (exact) mass is 347 g/mol. The van der Waals surface area contributed by atoms with Crippen LogP contribution in [-0.2, 0) is 11.2 Å². The van der Waals surface area contributed by atoms with Crippen molar-refractivity contribution in [1.29, 1.82) is 0 Å². The van der Waals surface area contributed by atoms with Crippen LogP contribution >= 0.6 is 0 Å². The fourth-order valence-electron chi connectivity index (χ4n) is 2.79. The lowest BCUT2D eigenvalue weighted by molar-refractivity contribution is -0.0549. The van der Waals surface area contributed by atoms with Crippen LogP contribution < -0.4 is 11.0 Å². The zero-order chi connectivity index (χ0) is 17.8. The van der Waals surface area contributed by atoms with Crippen LogP contribution in [0.2, 0.25) is 0 Å². The van der Waals surface area contributed by atoms with Crippen molar-refractivity contribution in [3.8, 4) is 0 Å². The summed E-state index contributed by atoms with van der Waals surface area (Å²) in [6.07, 6.45) is -2.35. The average molecular weight is 347 g/mol. The Kier molecular flexibility index (Phi) is 5.44. The van der Waals surface area contributed by atoms with Gasteiger partial charge in [-0.05, 0) is 18.1 Å². The molecule has 0 saturated carbocycles. The number of aliphatic hydroxyl groups excluding tert-OH is 3. The zero-order valence-electron chi connectivity index (χ0n) is 13.5. The predicted molar refractivity (Wildman–Crippen MR) is 90.1 cm³/mol. The summed E-state index contributed by atoms with van der Waals surface area (Å²) in [7, 11) is 0. The Bertz CT molecular complexity index is 751. The van der Waals surface area contributed by atoms with Crippen LogP contribution in [0.15, 0.2) is 47.4 Å². The second-order valence-corrected chi connectivity index (χ2v) is 5.89. The van der Waals surface area contributed by atoms with E-state index in [4.69, 9.17) is 9.84 Å². The maximum atomic E-state index is 12.2.